The monoisotopic (exact) mass is 398 g/mol. The Morgan fingerprint density at radius 2 is 1.86 bits per heavy atom. The molecule has 28 heavy (non-hydrogen) atoms. The maximum atomic E-state index is 10.2. The summed E-state index contributed by atoms with van der Waals surface area (Å²) in [7, 11) is 0. The van der Waals surface area contributed by atoms with E-state index in [0.29, 0.717) is 10.8 Å². The van der Waals surface area contributed by atoms with Crippen molar-refractivity contribution in [1.29, 1.82) is 0 Å². The fraction of sp³-hybridized carbons (Fsp3) is 0.692. The third-order valence-corrected chi connectivity index (χ3v) is 9.68. The predicted octanol–water partition coefficient (Wildman–Crippen LogP) is 6.97. The molecule has 5 rings (SSSR count). The van der Waals surface area contributed by atoms with Crippen LogP contribution in [0.4, 0.5) is 0 Å². The van der Waals surface area contributed by atoms with Crippen molar-refractivity contribution < 1.29 is 5.11 Å². The number of aliphatic hydroxyl groups is 1. The molecule has 0 amide bonds. The van der Waals surface area contributed by atoms with Gasteiger partial charge in [0.15, 0.2) is 0 Å². The number of aliphatic hydroxyl groups excluding tert-OH is 1. The molecule has 0 heterocycles. The lowest BCUT2D eigenvalue weighted by Gasteiger charge is -2.58. The Balaban J connectivity index is 1.36. The average molecular weight is 399 g/mol. The zero-order valence-corrected chi connectivity index (χ0v) is 18.1. The first-order valence-electron chi connectivity index (χ1n) is 11.6. The zero-order valence-electron chi connectivity index (χ0n) is 17.3. The number of benzene rings is 1. The largest absolute Gasteiger partial charge is 0.393 e. The van der Waals surface area contributed by atoms with Crippen LogP contribution < -0.4 is 0 Å². The van der Waals surface area contributed by atoms with E-state index in [1.165, 1.54) is 63.4 Å². The third-order valence-electron chi connectivity index (χ3n) is 9.43. The van der Waals surface area contributed by atoms with Crippen LogP contribution in [0.2, 0.25) is 5.02 Å². The molecule has 3 saturated carbocycles. The van der Waals surface area contributed by atoms with E-state index in [-0.39, 0.29) is 6.10 Å². The summed E-state index contributed by atoms with van der Waals surface area (Å²) in [5.41, 5.74) is 3.99. The van der Waals surface area contributed by atoms with E-state index in [9.17, 15) is 5.11 Å². The first kappa shape index (κ1) is 19.2. The van der Waals surface area contributed by atoms with Crippen molar-refractivity contribution in [2.45, 2.75) is 83.7 Å². The first-order chi connectivity index (χ1) is 13.5. The highest BCUT2D eigenvalue weighted by atomic mass is 35.5. The summed E-state index contributed by atoms with van der Waals surface area (Å²) in [5, 5.41) is 11.0. The number of fused-ring (bicyclic) bond motifs is 5. The summed E-state index contributed by atoms with van der Waals surface area (Å²) in [6.45, 7) is 2.54. The van der Waals surface area contributed by atoms with Gasteiger partial charge in [-0.2, -0.15) is 0 Å². The topological polar surface area (TPSA) is 20.2 Å². The Morgan fingerprint density at radius 1 is 1.04 bits per heavy atom. The van der Waals surface area contributed by atoms with Crippen LogP contribution in [0.15, 0.2) is 35.9 Å². The molecule has 1 N–H and O–H groups in total. The summed E-state index contributed by atoms with van der Waals surface area (Å²) < 4.78 is 0. The van der Waals surface area contributed by atoms with Crippen molar-refractivity contribution in [2.24, 2.45) is 28.6 Å². The molecule has 0 bridgehead atoms. The molecule has 1 nitrogen and oxygen atoms in total. The molecule has 0 aromatic heterocycles. The highest BCUT2D eigenvalue weighted by molar-refractivity contribution is 6.30. The van der Waals surface area contributed by atoms with Crippen LogP contribution in [0.1, 0.15) is 76.7 Å². The smallest absolute Gasteiger partial charge is 0.0577 e. The minimum atomic E-state index is -0.0931. The molecule has 1 aromatic rings. The molecule has 0 radical (unpaired) electrons. The highest BCUT2D eigenvalue weighted by Gasteiger charge is 2.56. The number of hydrogen-bond acceptors (Lipinski definition) is 1. The van der Waals surface area contributed by atoms with Gasteiger partial charge in [0.1, 0.15) is 0 Å². The summed E-state index contributed by atoms with van der Waals surface area (Å²) in [6.07, 6.45) is 16.6. The number of allylic oxidation sites excluding steroid dienone is 1. The number of hydrogen-bond donors (Lipinski definition) is 1. The Labute approximate surface area is 175 Å². The van der Waals surface area contributed by atoms with Gasteiger partial charge in [-0.05, 0) is 110 Å². The fourth-order valence-electron chi connectivity index (χ4n) is 7.92. The molecule has 1 aromatic carbocycles. The second-order valence-electron chi connectivity index (χ2n) is 10.6. The van der Waals surface area contributed by atoms with Crippen molar-refractivity contribution in [3.05, 3.63) is 46.5 Å². The lowest BCUT2D eigenvalue weighted by molar-refractivity contribution is -0.0461. The molecular formula is C26H35ClO. The Morgan fingerprint density at radius 3 is 2.68 bits per heavy atom. The molecule has 0 saturated heterocycles. The molecule has 4 aliphatic rings. The van der Waals surface area contributed by atoms with Gasteiger partial charge < -0.3 is 5.11 Å². The quantitative estimate of drug-likeness (QED) is 0.545. The van der Waals surface area contributed by atoms with Gasteiger partial charge in [0.25, 0.3) is 0 Å². The van der Waals surface area contributed by atoms with Crippen LogP contribution in [0.5, 0.6) is 0 Å². The van der Waals surface area contributed by atoms with E-state index in [2.05, 4.69) is 25.1 Å². The Hall–Kier alpha value is -0.790. The molecule has 0 spiro atoms. The molecule has 3 fully saturated rings. The lowest BCUT2D eigenvalue weighted by Crippen LogP contribution is -2.50. The van der Waals surface area contributed by atoms with E-state index in [1.807, 2.05) is 12.1 Å². The maximum Gasteiger partial charge on any atom is 0.0577 e. The van der Waals surface area contributed by atoms with Crippen LogP contribution in [-0.2, 0) is 6.42 Å². The fourth-order valence-corrected chi connectivity index (χ4v) is 8.04. The molecule has 6 atom stereocenters. The third kappa shape index (κ3) is 3.08. The summed E-state index contributed by atoms with van der Waals surface area (Å²) in [6, 6.07) is 8.53. The molecule has 0 aliphatic heterocycles. The van der Waals surface area contributed by atoms with Gasteiger partial charge in [-0.15, -0.1) is 0 Å². The molecular weight excluding hydrogens is 364 g/mol. The zero-order chi connectivity index (χ0) is 19.4. The van der Waals surface area contributed by atoms with Crippen LogP contribution in [0.3, 0.4) is 0 Å². The van der Waals surface area contributed by atoms with Crippen LogP contribution in [0.25, 0.3) is 0 Å². The normalized spacial score (nSPS) is 42.3. The van der Waals surface area contributed by atoms with Crippen molar-refractivity contribution in [3.8, 4) is 0 Å². The van der Waals surface area contributed by atoms with Gasteiger partial charge in [0.2, 0.25) is 0 Å². The second-order valence-corrected chi connectivity index (χ2v) is 11.0. The first-order valence-corrected chi connectivity index (χ1v) is 12.0. The average Bonchev–Trinajstić information content (AvgIpc) is 3.13. The van der Waals surface area contributed by atoms with E-state index in [1.54, 1.807) is 5.57 Å². The van der Waals surface area contributed by atoms with Crippen LogP contribution in [0, 0.1) is 28.6 Å². The lowest BCUT2D eigenvalue weighted by atomic mass is 9.47. The van der Waals surface area contributed by atoms with E-state index < -0.39 is 0 Å². The van der Waals surface area contributed by atoms with Gasteiger partial charge in [0.05, 0.1) is 6.10 Å². The second kappa shape index (κ2) is 7.17. The van der Waals surface area contributed by atoms with E-state index in [0.717, 1.165) is 35.6 Å². The predicted molar refractivity (Wildman–Crippen MR) is 116 cm³/mol. The number of rotatable bonds is 3. The highest BCUT2D eigenvalue weighted by Crippen LogP contribution is 2.66. The van der Waals surface area contributed by atoms with Gasteiger partial charge in [0, 0.05) is 5.02 Å². The van der Waals surface area contributed by atoms with Crippen molar-refractivity contribution in [3.63, 3.8) is 0 Å². The van der Waals surface area contributed by atoms with Gasteiger partial charge in [-0.25, -0.2) is 0 Å². The minimum absolute atomic E-state index is 0.0931. The number of aryl methyl sites for hydroxylation is 1. The van der Waals surface area contributed by atoms with E-state index in [4.69, 9.17) is 11.6 Å². The molecule has 2 heteroatoms. The van der Waals surface area contributed by atoms with Gasteiger partial charge in [-0.3, -0.25) is 0 Å². The van der Waals surface area contributed by atoms with Gasteiger partial charge in [-0.1, -0.05) is 48.7 Å². The summed E-state index contributed by atoms with van der Waals surface area (Å²) in [4.78, 5) is 0. The van der Waals surface area contributed by atoms with Crippen molar-refractivity contribution in [2.75, 3.05) is 0 Å². The summed E-state index contributed by atoms with van der Waals surface area (Å²) in [5.74, 6) is 2.65. The standard InChI is InChI=1S/C26H35ClO/c1-25-14-11-21(28)17-19(25)6-9-22-23(25)12-16-26(13-2-3-24(22)26)15-10-18-4-7-20(27)8-5-18/h4-8,21-24,28H,2-3,9-17H2,1H3/t21-,22+,23-,24-,25-,26+/m0/s1. The van der Waals surface area contributed by atoms with Crippen molar-refractivity contribution in [1.82, 2.24) is 0 Å². The molecule has 0 unspecified atom stereocenters. The maximum absolute atomic E-state index is 10.2. The van der Waals surface area contributed by atoms with Crippen LogP contribution in [-0.4, -0.2) is 11.2 Å². The Bertz CT molecular complexity index is 752. The molecule has 152 valence electrons. The Kier molecular flexibility index (Phi) is 4.91. The minimum Gasteiger partial charge on any atom is -0.393 e. The van der Waals surface area contributed by atoms with Gasteiger partial charge >= 0.3 is 0 Å². The SMILES string of the molecule is C[C@]12CC[C@H](O)CC1=CC[C@H]1[C@@H]3CCC[C@@]3(CCc3ccc(Cl)cc3)CC[C@@H]12. The van der Waals surface area contributed by atoms with Crippen LogP contribution >= 0.6 is 11.6 Å². The number of halogens is 1. The van der Waals surface area contributed by atoms with Crippen molar-refractivity contribution >= 4 is 11.6 Å². The van der Waals surface area contributed by atoms with E-state index >= 15 is 0 Å². The summed E-state index contributed by atoms with van der Waals surface area (Å²) >= 11 is 6.08. The molecule has 4 aliphatic carbocycles.